The second-order valence-corrected chi connectivity index (χ2v) is 3.93. The van der Waals surface area contributed by atoms with E-state index >= 15 is 0 Å². The van der Waals surface area contributed by atoms with E-state index in [9.17, 15) is 0 Å². The van der Waals surface area contributed by atoms with E-state index in [1.807, 2.05) is 0 Å². The third-order valence-corrected chi connectivity index (χ3v) is 2.11. The molecule has 0 aliphatic heterocycles. The topological polar surface area (TPSA) is 20.2 Å². The van der Waals surface area contributed by atoms with Crippen LogP contribution in [-0.4, -0.2) is 26.1 Å². The van der Waals surface area contributed by atoms with E-state index in [4.69, 9.17) is 5.11 Å². The molecule has 62 valence electrons. The summed E-state index contributed by atoms with van der Waals surface area (Å²) < 4.78 is 0. The maximum absolute atomic E-state index is 8.88. The number of rotatable bonds is 6. The van der Waals surface area contributed by atoms with Crippen molar-refractivity contribution in [3.05, 3.63) is 0 Å². The Labute approximate surface area is 72.0 Å². The van der Waals surface area contributed by atoms with Crippen LogP contribution >= 0.6 is 0 Å². The Morgan fingerprint density at radius 2 is 1.80 bits per heavy atom. The molecule has 0 saturated heterocycles. The van der Waals surface area contributed by atoms with Crippen LogP contribution in [0.4, 0.5) is 0 Å². The van der Waals surface area contributed by atoms with Gasteiger partial charge in [0.15, 0.2) is 0 Å². The van der Waals surface area contributed by atoms with Crippen LogP contribution in [0.25, 0.3) is 0 Å². The third kappa shape index (κ3) is 8.48. The van der Waals surface area contributed by atoms with E-state index in [2.05, 4.69) is 22.9 Å². The molecule has 0 fully saturated rings. The van der Waals surface area contributed by atoms with E-state index in [-0.39, 0.29) is 5.00 Å². The second kappa shape index (κ2) is 7.58. The molecule has 0 aliphatic rings. The van der Waals surface area contributed by atoms with Crippen molar-refractivity contribution >= 4 is 16.0 Å². The van der Waals surface area contributed by atoms with Gasteiger partial charge in [-0.1, -0.05) is 0 Å². The Morgan fingerprint density at radius 1 is 1.20 bits per heavy atom. The van der Waals surface area contributed by atoms with Gasteiger partial charge in [-0.05, 0) is 0 Å². The van der Waals surface area contributed by atoms with Crippen LogP contribution in [0.2, 0.25) is 0 Å². The van der Waals surface area contributed by atoms with Crippen molar-refractivity contribution in [1.82, 2.24) is 0 Å². The van der Waals surface area contributed by atoms with Gasteiger partial charge in [-0.15, -0.1) is 0 Å². The molecule has 1 nitrogen and oxygen atoms in total. The molecule has 0 heterocycles. The van der Waals surface area contributed by atoms with Crippen LogP contribution in [0.5, 0.6) is 0 Å². The minimum absolute atomic E-state index is 0.158. The first-order valence-electron chi connectivity index (χ1n) is 4.13. The summed E-state index contributed by atoms with van der Waals surface area (Å²) in [5, 5.41) is 8.72. The number of aliphatic hydroxyl groups is 1. The number of aliphatic hydroxyl groups excluding tert-OH is 1. The molecule has 0 aromatic rings. The minimum atomic E-state index is -0.158. The summed E-state index contributed by atoms with van der Waals surface area (Å²) in [7, 11) is 0. The molecule has 0 rings (SSSR count). The summed E-state index contributed by atoms with van der Waals surface area (Å²) in [5.41, 5.74) is 0. The predicted octanol–water partition coefficient (Wildman–Crippen LogP) is 1.57. The average molecular weight is 209 g/mol. The fraction of sp³-hybridized carbons (Fsp3) is 1.00. The summed E-state index contributed by atoms with van der Waals surface area (Å²) in [6.07, 6.45) is 7.37. The molecule has 0 aromatic carbocycles. The zero-order valence-electron chi connectivity index (χ0n) is 6.71. The van der Waals surface area contributed by atoms with Gasteiger partial charge in [0.05, 0.1) is 0 Å². The summed E-state index contributed by atoms with van der Waals surface area (Å²) in [6.45, 7) is 2.21. The van der Waals surface area contributed by atoms with Gasteiger partial charge in [0.2, 0.25) is 0 Å². The molecule has 1 unspecified atom stereocenters. The van der Waals surface area contributed by atoms with Gasteiger partial charge in [0.25, 0.3) is 0 Å². The van der Waals surface area contributed by atoms with E-state index in [0.717, 1.165) is 6.42 Å². The monoisotopic (exact) mass is 210 g/mol. The molecule has 2 heteroatoms. The quantitative estimate of drug-likeness (QED) is 0.520. The van der Waals surface area contributed by atoms with Gasteiger partial charge in [-0.3, -0.25) is 0 Å². The van der Waals surface area contributed by atoms with Crippen molar-refractivity contribution in [3.8, 4) is 0 Å². The number of hydrogen-bond donors (Lipinski definition) is 1. The van der Waals surface area contributed by atoms with Crippen molar-refractivity contribution in [3.63, 3.8) is 0 Å². The zero-order chi connectivity index (χ0) is 7.82. The van der Waals surface area contributed by atoms with Crippen molar-refractivity contribution in [1.29, 1.82) is 0 Å². The first-order chi connectivity index (χ1) is 4.77. The fourth-order valence-corrected chi connectivity index (χ4v) is 1.31. The number of hydrogen-bond acceptors (Lipinski definition) is 1. The van der Waals surface area contributed by atoms with E-state index < -0.39 is 0 Å². The SMILES string of the molecule is CCCCCCCC(O)[SeH]. The molecule has 1 N–H and O–H groups in total. The Hall–Kier alpha value is 0.479. The molecule has 0 bridgehead atoms. The van der Waals surface area contributed by atoms with Crippen LogP contribution in [0, 0.1) is 0 Å². The van der Waals surface area contributed by atoms with E-state index in [0.29, 0.717) is 0 Å². The molecule has 0 aromatic heterocycles. The Bertz CT molecular complexity index is 64.3. The Balaban J connectivity index is 2.77. The molecule has 0 radical (unpaired) electrons. The molecule has 1 atom stereocenters. The van der Waals surface area contributed by atoms with E-state index in [1.165, 1.54) is 32.1 Å². The second-order valence-electron chi connectivity index (χ2n) is 2.68. The van der Waals surface area contributed by atoms with Gasteiger partial charge in [0.1, 0.15) is 0 Å². The van der Waals surface area contributed by atoms with Crippen LogP contribution in [0.3, 0.4) is 0 Å². The average Bonchev–Trinajstić information content (AvgIpc) is 1.87. The standard InChI is InChI=1S/C8H18OSe/c1-2-3-4-5-6-7-8(9)10/h8-10H,2-7H2,1H3. The third-order valence-electron chi connectivity index (χ3n) is 1.57. The van der Waals surface area contributed by atoms with Gasteiger partial charge < -0.3 is 0 Å². The first kappa shape index (κ1) is 10.5. The van der Waals surface area contributed by atoms with Crippen molar-refractivity contribution in [2.24, 2.45) is 0 Å². The van der Waals surface area contributed by atoms with Crippen molar-refractivity contribution < 1.29 is 5.11 Å². The summed E-state index contributed by atoms with van der Waals surface area (Å²) >= 11 is 2.27. The van der Waals surface area contributed by atoms with Crippen LogP contribution in [0.15, 0.2) is 0 Å². The molecular weight excluding hydrogens is 191 g/mol. The van der Waals surface area contributed by atoms with Crippen LogP contribution in [-0.2, 0) is 0 Å². The molecular formula is C8H18OSe. The summed E-state index contributed by atoms with van der Waals surface area (Å²) in [5.74, 6) is 0. The molecule has 0 aliphatic carbocycles. The number of unbranched alkanes of at least 4 members (excludes halogenated alkanes) is 4. The van der Waals surface area contributed by atoms with Crippen LogP contribution < -0.4 is 0 Å². The summed E-state index contributed by atoms with van der Waals surface area (Å²) in [4.78, 5) is 0. The Kier molecular flexibility index (Phi) is 7.95. The van der Waals surface area contributed by atoms with E-state index in [1.54, 1.807) is 0 Å². The van der Waals surface area contributed by atoms with Gasteiger partial charge in [-0.25, -0.2) is 0 Å². The maximum atomic E-state index is 8.88. The summed E-state index contributed by atoms with van der Waals surface area (Å²) in [6, 6.07) is 0. The fourth-order valence-electron chi connectivity index (χ4n) is 0.930. The Morgan fingerprint density at radius 3 is 2.30 bits per heavy atom. The van der Waals surface area contributed by atoms with Gasteiger partial charge >= 0.3 is 71.6 Å². The molecule has 0 saturated carbocycles. The molecule has 0 spiro atoms. The zero-order valence-corrected chi connectivity index (χ0v) is 8.59. The normalized spacial score (nSPS) is 13.5. The van der Waals surface area contributed by atoms with Gasteiger partial charge in [0, 0.05) is 0 Å². The molecule has 10 heavy (non-hydrogen) atoms. The van der Waals surface area contributed by atoms with Crippen LogP contribution in [0.1, 0.15) is 45.4 Å². The van der Waals surface area contributed by atoms with Crippen molar-refractivity contribution in [2.75, 3.05) is 0 Å². The first-order valence-corrected chi connectivity index (χ1v) is 5.22. The van der Waals surface area contributed by atoms with Crippen molar-refractivity contribution in [2.45, 2.75) is 50.5 Å². The predicted molar refractivity (Wildman–Crippen MR) is 46.5 cm³/mol. The molecule has 0 amide bonds. The van der Waals surface area contributed by atoms with Gasteiger partial charge in [-0.2, -0.15) is 0 Å².